The number of amides is 1. The van der Waals surface area contributed by atoms with Crippen molar-refractivity contribution < 1.29 is 13.9 Å². The second-order valence-electron chi connectivity index (χ2n) is 5.72. The first kappa shape index (κ1) is 17.5. The molecule has 2 N–H and O–H groups in total. The van der Waals surface area contributed by atoms with Crippen molar-refractivity contribution in [2.75, 3.05) is 17.7 Å². The van der Waals surface area contributed by atoms with Gasteiger partial charge in [-0.25, -0.2) is 4.39 Å². The van der Waals surface area contributed by atoms with E-state index in [1.54, 1.807) is 7.11 Å². The molecular weight excluding hydrogens is 331 g/mol. The number of hydrogen-bond acceptors (Lipinski definition) is 3. The van der Waals surface area contributed by atoms with Gasteiger partial charge in [-0.2, -0.15) is 0 Å². The first-order valence-electron chi connectivity index (χ1n) is 8.17. The molecule has 0 spiro atoms. The minimum atomic E-state index is -0.617. The molecule has 132 valence electrons. The minimum Gasteiger partial charge on any atom is -0.497 e. The van der Waals surface area contributed by atoms with E-state index in [-0.39, 0.29) is 11.7 Å². The predicted octanol–water partition coefficient (Wildman–Crippen LogP) is 4.63. The fourth-order valence-corrected chi connectivity index (χ4v) is 2.57. The van der Waals surface area contributed by atoms with Gasteiger partial charge in [-0.05, 0) is 42.0 Å². The van der Waals surface area contributed by atoms with Crippen LogP contribution in [0.15, 0.2) is 78.9 Å². The van der Waals surface area contributed by atoms with E-state index < -0.39 is 6.04 Å². The third-order valence-corrected chi connectivity index (χ3v) is 3.89. The number of carbonyl (C=O) groups is 1. The number of methoxy groups -OCH3 is 1. The number of rotatable bonds is 6. The van der Waals surface area contributed by atoms with Gasteiger partial charge in [-0.1, -0.05) is 36.4 Å². The molecule has 3 aromatic carbocycles. The van der Waals surface area contributed by atoms with E-state index in [9.17, 15) is 9.18 Å². The Morgan fingerprint density at radius 1 is 0.923 bits per heavy atom. The van der Waals surface area contributed by atoms with Gasteiger partial charge in [-0.15, -0.1) is 0 Å². The number of hydrogen-bond donors (Lipinski definition) is 2. The SMILES string of the molecule is COc1cccc(N[C@H](C(=O)Nc2ccc(F)cc2)c2ccccc2)c1. The minimum absolute atomic E-state index is 0.245. The van der Waals surface area contributed by atoms with Crippen LogP contribution in [0.25, 0.3) is 0 Å². The zero-order valence-corrected chi connectivity index (χ0v) is 14.3. The lowest BCUT2D eigenvalue weighted by atomic mass is 10.1. The largest absolute Gasteiger partial charge is 0.497 e. The van der Waals surface area contributed by atoms with Crippen LogP contribution >= 0.6 is 0 Å². The first-order valence-corrected chi connectivity index (χ1v) is 8.17. The van der Waals surface area contributed by atoms with Gasteiger partial charge in [0.2, 0.25) is 0 Å². The summed E-state index contributed by atoms with van der Waals surface area (Å²) in [5.74, 6) is 0.100. The highest BCUT2D eigenvalue weighted by atomic mass is 19.1. The highest BCUT2D eigenvalue weighted by Crippen LogP contribution is 2.24. The summed E-state index contributed by atoms with van der Waals surface area (Å²) in [4.78, 5) is 12.9. The molecule has 0 radical (unpaired) electrons. The molecule has 0 fully saturated rings. The fraction of sp³-hybridized carbons (Fsp3) is 0.0952. The fourth-order valence-electron chi connectivity index (χ4n) is 2.57. The normalized spacial score (nSPS) is 11.5. The Labute approximate surface area is 151 Å². The van der Waals surface area contributed by atoms with Crippen molar-refractivity contribution in [3.8, 4) is 5.75 Å². The van der Waals surface area contributed by atoms with Crippen LogP contribution in [-0.2, 0) is 4.79 Å². The maximum Gasteiger partial charge on any atom is 0.251 e. The second-order valence-corrected chi connectivity index (χ2v) is 5.72. The third kappa shape index (κ3) is 4.39. The van der Waals surface area contributed by atoms with Crippen LogP contribution in [0.5, 0.6) is 5.75 Å². The summed E-state index contributed by atoms with van der Waals surface area (Å²) < 4.78 is 18.3. The van der Waals surface area contributed by atoms with Gasteiger partial charge in [0.1, 0.15) is 17.6 Å². The summed E-state index contributed by atoms with van der Waals surface area (Å²) in [5.41, 5.74) is 2.10. The lowest BCUT2D eigenvalue weighted by molar-refractivity contribution is -0.117. The molecule has 0 aliphatic rings. The molecule has 0 heterocycles. The van der Waals surface area contributed by atoms with Gasteiger partial charge in [0.15, 0.2) is 0 Å². The molecule has 0 unspecified atom stereocenters. The van der Waals surface area contributed by atoms with Crippen molar-refractivity contribution in [1.29, 1.82) is 0 Å². The Morgan fingerprint density at radius 3 is 2.35 bits per heavy atom. The average Bonchev–Trinajstić information content (AvgIpc) is 2.68. The van der Waals surface area contributed by atoms with Crippen LogP contribution in [-0.4, -0.2) is 13.0 Å². The monoisotopic (exact) mass is 350 g/mol. The molecule has 5 heteroatoms. The van der Waals surface area contributed by atoms with E-state index >= 15 is 0 Å². The predicted molar refractivity (Wildman–Crippen MR) is 101 cm³/mol. The quantitative estimate of drug-likeness (QED) is 0.682. The molecule has 26 heavy (non-hydrogen) atoms. The van der Waals surface area contributed by atoms with Crippen LogP contribution in [0.2, 0.25) is 0 Å². The molecule has 1 atom stereocenters. The summed E-state index contributed by atoms with van der Waals surface area (Å²) in [5, 5.41) is 6.05. The van der Waals surface area contributed by atoms with Crippen LogP contribution in [0, 0.1) is 5.82 Å². The van der Waals surface area contributed by atoms with E-state index in [4.69, 9.17) is 4.74 Å². The molecule has 0 aliphatic heterocycles. The number of ether oxygens (including phenoxy) is 1. The van der Waals surface area contributed by atoms with Crippen LogP contribution in [0.4, 0.5) is 15.8 Å². The van der Waals surface area contributed by atoms with Crippen molar-refractivity contribution in [2.45, 2.75) is 6.04 Å². The van der Waals surface area contributed by atoms with E-state index in [1.807, 2.05) is 54.6 Å². The Hall–Kier alpha value is -3.34. The van der Waals surface area contributed by atoms with Gasteiger partial charge < -0.3 is 15.4 Å². The van der Waals surface area contributed by atoms with Crippen molar-refractivity contribution >= 4 is 17.3 Å². The Morgan fingerprint density at radius 2 is 1.65 bits per heavy atom. The first-order chi connectivity index (χ1) is 12.7. The van der Waals surface area contributed by atoms with Gasteiger partial charge >= 0.3 is 0 Å². The summed E-state index contributed by atoms with van der Waals surface area (Å²) in [6.07, 6.45) is 0. The van der Waals surface area contributed by atoms with Crippen LogP contribution in [0.1, 0.15) is 11.6 Å². The lowest BCUT2D eigenvalue weighted by Gasteiger charge is -2.20. The van der Waals surface area contributed by atoms with Gasteiger partial charge in [0, 0.05) is 17.4 Å². The number of carbonyl (C=O) groups excluding carboxylic acids is 1. The van der Waals surface area contributed by atoms with Gasteiger partial charge in [-0.3, -0.25) is 4.79 Å². The zero-order chi connectivity index (χ0) is 18.4. The van der Waals surface area contributed by atoms with E-state index in [0.717, 1.165) is 11.3 Å². The number of benzene rings is 3. The molecule has 4 nitrogen and oxygen atoms in total. The van der Waals surface area contributed by atoms with Crippen molar-refractivity contribution in [2.24, 2.45) is 0 Å². The molecule has 0 saturated heterocycles. The number of anilines is 2. The molecule has 0 bridgehead atoms. The van der Waals surface area contributed by atoms with E-state index in [2.05, 4.69) is 10.6 Å². The highest BCUT2D eigenvalue weighted by Gasteiger charge is 2.20. The molecule has 0 aromatic heterocycles. The van der Waals surface area contributed by atoms with E-state index in [0.29, 0.717) is 11.4 Å². The van der Waals surface area contributed by atoms with Crippen molar-refractivity contribution in [1.82, 2.24) is 0 Å². The highest BCUT2D eigenvalue weighted by molar-refractivity contribution is 5.97. The molecule has 0 aliphatic carbocycles. The second kappa shape index (κ2) is 8.16. The Balaban J connectivity index is 1.85. The van der Waals surface area contributed by atoms with Gasteiger partial charge in [0.25, 0.3) is 5.91 Å². The van der Waals surface area contributed by atoms with Crippen molar-refractivity contribution in [3.63, 3.8) is 0 Å². The van der Waals surface area contributed by atoms with E-state index in [1.165, 1.54) is 24.3 Å². The molecule has 3 aromatic rings. The third-order valence-electron chi connectivity index (χ3n) is 3.89. The summed E-state index contributed by atoms with van der Waals surface area (Å²) in [6, 6.07) is 21.8. The Kier molecular flexibility index (Phi) is 5.49. The summed E-state index contributed by atoms with van der Waals surface area (Å²) >= 11 is 0. The molecule has 0 saturated carbocycles. The van der Waals surface area contributed by atoms with Crippen molar-refractivity contribution in [3.05, 3.63) is 90.2 Å². The average molecular weight is 350 g/mol. The molecule has 1 amide bonds. The maximum atomic E-state index is 13.1. The summed E-state index contributed by atoms with van der Waals surface area (Å²) in [6.45, 7) is 0. The smallest absolute Gasteiger partial charge is 0.251 e. The molecule has 3 rings (SSSR count). The number of nitrogens with one attached hydrogen (secondary N) is 2. The lowest BCUT2D eigenvalue weighted by Crippen LogP contribution is -2.27. The number of halogens is 1. The summed E-state index contributed by atoms with van der Waals surface area (Å²) in [7, 11) is 1.59. The topological polar surface area (TPSA) is 50.4 Å². The van der Waals surface area contributed by atoms with Crippen LogP contribution < -0.4 is 15.4 Å². The standard InChI is InChI=1S/C21H19FN2O2/c1-26-19-9-5-8-18(14-19)23-20(15-6-3-2-4-7-15)21(25)24-17-12-10-16(22)11-13-17/h2-14,20,23H,1H3,(H,24,25)/t20-/m0/s1. The zero-order valence-electron chi connectivity index (χ0n) is 14.3. The van der Waals surface area contributed by atoms with Gasteiger partial charge in [0.05, 0.1) is 7.11 Å². The maximum absolute atomic E-state index is 13.1. The molecular formula is C21H19FN2O2. The van der Waals surface area contributed by atoms with Crippen LogP contribution in [0.3, 0.4) is 0 Å². The Bertz CT molecular complexity index is 867.